The van der Waals surface area contributed by atoms with Gasteiger partial charge < -0.3 is 0 Å². The number of nitrogens with zero attached hydrogens (tertiary/aromatic N) is 1. The molecule has 0 bridgehead atoms. The molecule has 0 unspecified atom stereocenters. The third-order valence-corrected chi connectivity index (χ3v) is 10.3. The highest BCUT2D eigenvalue weighted by molar-refractivity contribution is 5.06. The molecule has 1 heteroatoms. The van der Waals surface area contributed by atoms with Crippen LogP contribution < -0.4 is 0 Å². The molecular formula is C31H55N. The third-order valence-electron chi connectivity index (χ3n) is 10.3. The molecule has 0 atom stereocenters. The average molecular weight is 442 g/mol. The van der Waals surface area contributed by atoms with Crippen molar-refractivity contribution in [2.45, 2.75) is 155 Å². The van der Waals surface area contributed by atoms with Crippen molar-refractivity contribution in [1.29, 1.82) is 5.26 Å². The SMILES string of the molecule is CCCCCCCC1CCC(C2(C#N)CCC(C3CCC(CCCCC)CC3)CC2)CC1. The maximum atomic E-state index is 10.3. The second-order valence-corrected chi connectivity index (χ2v) is 12.3. The van der Waals surface area contributed by atoms with Gasteiger partial charge in [-0.2, -0.15) is 5.26 Å². The zero-order valence-corrected chi connectivity index (χ0v) is 21.9. The van der Waals surface area contributed by atoms with Crippen LogP contribution in [0, 0.1) is 46.3 Å². The summed E-state index contributed by atoms with van der Waals surface area (Å²) in [7, 11) is 0. The van der Waals surface area contributed by atoms with Gasteiger partial charge >= 0.3 is 0 Å². The molecule has 32 heavy (non-hydrogen) atoms. The van der Waals surface area contributed by atoms with E-state index < -0.39 is 0 Å². The van der Waals surface area contributed by atoms with Crippen LogP contribution in [-0.4, -0.2) is 0 Å². The van der Waals surface area contributed by atoms with Crippen molar-refractivity contribution in [2.75, 3.05) is 0 Å². The van der Waals surface area contributed by atoms with E-state index in [1.54, 1.807) is 0 Å². The van der Waals surface area contributed by atoms with Gasteiger partial charge in [0.25, 0.3) is 0 Å². The van der Waals surface area contributed by atoms with Gasteiger partial charge in [0.1, 0.15) is 0 Å². The molecule has 0 N–H and O–H groups in total. The van der Waals surface area contributed by atoms with Gasteiger partial charge in [-0.15, -0.1) is 0 Å². The maximum Gasteiger partial charge on any atom is 0.0692 e. The van der Waals surface area contributed by atoms with Crippen molar-refractivity contribution >= 4 is 0 Å². The third kappa shape index (κ3) is 7.50. The Bertz CT molecular complexity index is 521. The highest BCUT2D eigenvalue weighted by Gasteiger charge is 2.44. The van der Waals surface area contributed by atoms with E-state index in [4.69, 9.17) is 0 Å². The zero-order valence-electron chi connectivity index (χ0n) is 21.9. The molecule has 0 aromatic carbocycles. The largest absolute Gasteiger partial charge is 0.198 e. The van der Waals surface area contributed by atoms with Crippen LogP contribution in [0.25, 0.3) is 0 Å². The fourth-order valence-electron chi connectivity index (χ4n) is 7.91. The number of hydrogen-bond acceptors (Lipinski definition) is 1. The first-order valence-electron chi connectivity index (χ1n) is 15.1. The maximum absolute atomic E-state index is 10.3. The highest BCUT2D eigenvalue weighted by Crippen LogP contribution is 2.52. The van der Waals surface area contributed by atoms with Crippen LogP contribution in [0.2, 0.25) is 0 Å². The molecular weight excluding hydrogens is 386 g/mol. The van der Waals surface area contributed by atoms with Gasteiger partial charge in [0.15, 0.2) is 0 Å². The standard InChI is InChI=1S/C31H55N/c1-3-5-7-8-10-12-27-15-19-30(20-16-27)31(25-32)23-21-29(22-24-31)28-17-13-26(14-18-28)11-9-6-4-2/h26-30H,3-24H2,1-2H3. The molecule has 0 aromatic rings. The highest BCUT2D eigenvalue weighted by atomic mass is 14.5. The number of unbranched alkanes of at least 4 members (excludes halogenated alkanes) is 6. The summed E-state index contributed by atoms with van der Waals surface area (Å²) in [5, 5.41) is 10.3. The van der Waals surface area contributed by atoms with E-state index in [0.29, 0.717) is 5.92 Å². The molecule has 0 aromatic heterocycles. The van der Waals surface area contributed by atoms with E-state index in [1.807, 2.05) is 0 Å². The van der Waals surface area contributed by atoms with Crippen molar-refractivity contribution in [3.05, 3.63) is 0 Å². The quantitative estimate of drug-likeness (QED) is 0.276. The summed E-state index contributed by atoms with van der Waals surface area (Å²) < 4.78 is 0. The zero-order chi connectivity index (χ0) is 22.7. The molecule has 3 rings (SSSR count). The molecule has 184 valence electrons. The number of rotatable bonds is 12. The van der Waals surface area contributed by atoms with E-state index in [9.17, 15) is 5.26 Å². The van der Waals surface area contributed by atoms with Gasteiger partial charge in [-0.25, -0.2) is 0 Å². The number of hydrogen-bond donors (Lipinski definition) is 0. The van der Waals surface area contributed by atoms with Crippen molar-refractivity contribution < 1.29 is 0 Å². The monoisotopic (exact) mass is 441 g/mol. The van der Waals surface area contributed by atoms with E-state index >= 15 is 0 Å². The Kier molecular flexibility index (Phi) is 11.4. The molecule has 0 amide bonds. The molecule has 0 saturated heterocycles. The van der Waals surface area contributed by atoms with E-state index in [1.165, 1.54) is 141 Å². The fourth-order valence-corrected chi connectivity index (χ4v) is 7.91. The predicted octanol–water partition coefficient (Wildman–Crippen LogP) is 10.2. The summed E-state index contributed by atoms with van der Waals surface area (Å²) in [6, 6.07) is 2.93. The van der Waals surface area contributed by atoms with Crippen molar-refractivity contribution in [1.82, 2.24) is 0 Å². The molecule has 0 radical (unpaired) electrons. The van der Waals surface area contributed by atoms with Crippen LogP contribution >= 0.6 is 0 Å². The van der Waals surface area contributed by atoms with Crippen molar-refractivity contribution in [3.63, 3.8) is 0 Å². The summed E-state index contributed by atoms with van der Waals surface area (Å²) >= 11 is 0. The molecule has 0 aliphatic heterocycles. The average Bonchev–Trinajstić information content (AvgIpc) is 2.85. The molecule has 1 nitrogen and oxygen atoms in total. The molecule has 3 saturated carbocycles. The Labute approximate surface area is 201 Å². The fraction of sp³-hybridized carbons (Fsp3) is 0.968. The van der Waals surface area contributed by atoms with Gasteiger partial charge in [0.05, 0.1) is 11.5 Å². The normalized spacial score (nSPS) is 36.0. The lowest BCUT2D eigenvalue weighted by Crippen LogP contribution is -2.38. The van der Waals surface area contributed by atoms with Gasteiger partial charge in [0.2, 0.25) is 0 Å². The Morgan fingerprint density at radius 3 is 1.62 bits per heavy atom. The van der Waals surface area contributed by atoms with Crippen LogP contribution in [0.4, 0.5) is 0 Å². The lowest BCUT2D eigenvalue weighted by atomic mass is 9.57. The van der Waals surface area contributed by atoms with Gasteiger partial charge in [0, 0.05) is 0 Å². The van der Waals surface area contributed by atoms with Crippen LogP contribution in [0.3, 0.4) is 0 Å². The minimum atomic E-state index is 0.0416. The second-order valence-electron chi connectivity index (χ2n) is 12.3. The van der Waals surface area contributed by atoms with Crippen LogP contribution in [-0.2, 0) is 0 Å². The Hall–Kier alpha value is -0.510. The summed E-state index contributed by atoms with van der Waals surface area (Å²) in [6.45, 7) is 4.63. The van der Waals surface area contributed by atoms with Crippen LogP contribution in [0.1, 0.15) is 155 Å². The first kappa shape index (κ1) is 26.1. The minimum Gasteiger partial charge on any atom is -0.198 e. The smallest absolute Gasteiger partial charge is 0.0692 e. The first-order valence-corrected chi connectivity index (χ1v) is 15.1. The molecule has 3 aliphatic carbocycles. The van der Waals surface area contributed by atoms with Gasteiger partial charge in [-0.05, 0) is 81.0 Å². The summed E-state index contributed by atoms with van der Waals surface area (Å²) in [5.74, 6) is 4.62. The summed E-state index contributed by atoms with van der Waals surface area (Å²) in [5.41, 5.74) is 0.0416. The first-order chi connectivity index (χ1) is 15.7. The Morgan fingerprint density at radius 1 is 0.594 bits per heavy atom. The topological polar surface area (TPSA) is 23.8 Å². The molecule has 3 aliphatic rings. The second kappa shape index (κ2) is 14.0. The van der Waals surface area contributed by atoms with Crippen LogP contribution in [0.5, 0.6) is 0 Å². The molecule has 3 fully saturated rings. The molecule has 0 spiro atoms. The van der Waals surface area contributed by atoms with Gasteiger partial charge in [-0.3, -0.25) is 0 Å². The van der Waals surface area contributed by atoms with E-state index in [0.717, 1.165) is 23.7 Å². The lowest BCUT2D eigenvalue weighted by Gasteiger charge is -2.46. The van der Waals surface area contributed by atoms with E-state index in [-0.39, 0.29) is 5.41 Å². The summed E-state index contributed by atoms with van der Waals surface area (Å²) in [6.07, 6.45) is 30.9. The van der Waals surface area contributed by atoms with Crippen LogP contribution in [0.15, 0.2) is 0 Å². The van der Waals surface area contributed by atoms with Gasteiger partial charge in [-0.1, -0.05) is 104 Å². The summed E-state index contributed by atoms with van der Waals surface area (Å²) in [4.78, 5) is 0. The van der Waals surface area contributed by atoms with E-state index in [2.05, 4.69) is 19.9 Å². The van der Waals surface area contributed by atoms with Crippen molar-refractivity contribution in [3.8, 4) is 6.07 Å². The minimum absolute atomic E-state index is 0.0416. The predicted molar refractivity (Wildman–Crippen MR) is 138 cm³/mol. The molecule has 0 heterocycles. The Morgan fingerprint density at radius 2 is 1.06 bits per heavy atom. The Balaban J connectivity index is 1.36. The number of nitriles is 1. The lowest BCUT2D eigenvalue weighted by molar-refractivity contribution is 0.0601. The van der Waals surface area contributed by atoms with Crippen molar-refractivity contribution in [2.24, 2.45) is 35.0 Å².